The Morgan fingerprint density at radius 2 is 2.13 bits per heavy atom. The Balaban J connectivity index is 2.62. The van der Waals surface area contributed by atoms with E-state index in [1.54, 1.807) is 6.92 Å². The summed E-state index contributed by atoms with van der Waals surface area (Å²) < 4.78 is 31.5. The van der Waals surface area contributed by atoms with Crippen LogP contribution in [0.1, 0.15) is 24.8 Å². The maximum absolute atomic E-state index is 13.7. The minimum atomic E-state index is -1.23. The average Bonchev–Trinajstić information content (AvgIpc) is 2.45. The number of ether oxygens (including phenoxy) is 1. The van der Waals surface area contributed by atoms with Crippen LogP contribution >= 0.6 is 0 Å². The predicted molar refractivity (Wildman–Crippen MR) is 80.0 cm³/mol. The van der Waals surface area contributed by atoms with E-state index in [9.17, 15) is 18.4 Å². The van der Waals surface area contributed by atoms with Crippen molar-refractivity contribution in [2.45, 2.75) is 25.3 Å². The summed E-state index contributed by atoms with van der Waals surface area (Å²) in [5.74, 6) is -3.76. The van der Waals surface area contributed by atoms with Crippen molar-refractivity contribution >= 4 is 11.9 Å². The molecule has 0 aromatic heterocycles. The van der Waals surface area contributed by atoms with Crippen molar-refractivity contribution in [1.82, 2.24) is 5.32 Å². The van der Waals surface area contributed by atoms with E-state index in [1.165, 1.54) is 12.1 Å². The highest BCUT2D eigenvalue weighted by atomic mass is 19.1. The second-order valence-electron chi connectivity index (χ2n) is 5.06. The van der Waals surface area contributed by atoms with Crippen molar-refractivity contribution in [3.8, 4) is 0 Å². The van der Waals surface area contributed by atoms with Crippen molar-refractivity contribution in [2.24, 2.45) is 0 Å². The minimum Gasteiger partial charge on any atom is -0.480 e. The number of hydrogen-bond acceptors (Lipinski definition) is 3. The molecule has 0 fully saturated rings. The first-order valence-electron chi connectivity index (χ1n) is 7.01. The average molecular weight is 327 g/mol. The van der Waals surface area contributed by atoms with Gasteiger partial charge in [-0.15, -0.1) is 6.58 Å². The molecule has 2 atom stereocenters. The van der Waals surface area contributed by atoms with Gasteiger partial charge in [0.25, 0.3) is 0 Å². The van der Waals surface area contributed by atoms with Gasteiger partial charge in [-0.3, -0.25) is 4.79 Å². The Hall–Kier alpha value is -2.28. The molecule has 0 aliphatic heterocycles. The summed E-state index contributed by atoms with van der Waals surface area (Å²) in [5.41, 5.74) is 0.191. The van der Waals surface area contributed by atoms with Gasteiger partial charge in [0.15, 0.2) is 6.04 Å². The SMILES string of the molecule is C=CCOCC(NC(=O)CC(C)c1ccc(F)cc1F)C(=O)O. The molecule has 0 aliphatic rings. The molecule has 0 saturated carbocycles. The van der Waals surface area contributed by atoms with Gasteiger partial charge < -0.3 is 15.2 Å². The summed E-state index contributed by atoms with van der Waals surface area (Å²) in [6, 6.07) is 1.92. The summed E-state index contributed by atoms with van der Waals surface area (Å²) in [6.45, 7) is 4.99. The van der Waals surface area contributed by atoms with Gasteiger partial charge in [0.2, 0.25) is 5.91 Å². The van der Waals surface area contributed by atoms with E-state index in [0.717, 1.165) is 12.1 Å². The van der Waals surface area contributed by atoms with E-state index in [4.69, 9.17) is 9.84 Å². The Bertz CT molecular complexity index is 577. The second kappa shape index (κ2) is 8.99. The normalized spacial score (nSPS) is 13.2. The van der Waals surface area contributed by atoms with Gasteiger partial charge in [0.05, 0.1) is 13.2 Å². The number of halogens is 2. The lowest BCUT2D eigenvalue weighted by Gasteiger charge is -2.17. The molecule has 1 aromatic rings. The van der Waals surface area contributed by atoms with Gasteiger partial charge in [-0.25, -0.2) is 13.6 Å². The van der Waals surface area contributed by atoms with Crippen LogP contribution in [-0.2, 0) is 14.3 Å². The molecule has 2 N–H and O–H groups in total. The van der Waals surface area contributed by atoms with E-state index in [0.29, 0.717) is 0 Å². The van der Waals surface area contributed by atoms with Crippen LogP contribution in [0.2, 0.25) is 0 Å². The maximum Gasteiger partial charge on any atom is 0.328 e. The molecule has 0 heterocycles. The lowest BCUT2D eigenvalue weighted by molar-refractivity contribution is -0.143. The Morgan fingerprint density at radius 3 is 2.70 bits per heavy atom. The largest absolute Gasteiger partial charge is 0.480 e. The molecule has 0 bridgehead atoms. The fourth-order valence-corrected chi connectivity index (χ4v) is 1.99. The number of hydrogen-bond donors (Lipinski definition) is 2. The van der Waals surface area contributed by atoms with Crippen molar-refractivity contribution in [3.05, 3.63) is 48.1 Å². The van der Waals surface area contributed by atoms with Crippen molar-refractivity contribution in [1.29, 1.82) is 0 Å². The second-order valence-corrected chi connectivity index (χ2v) is 5.06. The van der Waals surface area contributed by atoms with E-state index < -0.39 is 35.5 Å². The Morgan fingerprint density at radius 1 is 1.43 bits per heavy atom. The molecule has 126 valence electrons. The number of rotatable bonds is 9. The van der Waals surface area contributed by atoms with Gasteiger partial charge in [-0.1, -0.05) is 19.1 Å². The molecular formula is C16H19F2NO4. The zero-order valence-electron chi connectivity index (χ0n) is 12.7. The third-order valence-corrected chi connectivity index (χ3v) is 3.14. The number of nitrogens with one attached hydrogen (secondary N) is 1. The molecular weight excluding hydrogens is 308 g/mol. The molecule has 0 saturated heterocycles. The van der Waals surface area contributed by atoms with Crippen molar-refractivity contribution in [2.75, 3.05) is 13.2 Å². The van der Waals surface area contributed by atoms with Crippen molar-refractivity contribution in [3.63, 3.8) is 0 Å². The van der Waals surface area contributed by atoms with Crippen LogP contribution < -0.4 is 5.32 Å². The van der Waals surface area contributed by atoms with Crippen LogP contribution in [0.4, 0.5) is 8.78 Å². The highest BCUT2D eigenvalue weighted by molar-refractivity contribution is 5.84. The van der Waals surface area contributed by atoms with Crippen LogP contribution in [0.15, 0.2) is 30.9 Å². The number of carboxylic acids is 1. The van der Waals surface area contributed by atoms with E-state index >= 15 is 0 Å². The zero-order chi connectivity index (χ0) is 17.4. The van der Waals surface area contributed by atoms with Crippen molar-refractivity contribution < 1.29 is 28.2 Å². The number of benzene rings is 1. The predicted octanol–water partition coefficient (Wildman–Crippen LogP) is 2.23. The fourth-order valence-electron chi connectivity index (χ4n) is 1.99. The van der Waals surface area contributed by atoms with Gasteiger partial charge in [0.1, 0.15) is 11.6 Å². The Kier molecular flexibility index (Phi) is 7.34. The van der Waals surface area contributed by atoms with Crippen LogP contribution in [0.3, 0.4) is 0 Å². The minimum absolute atomic E-state index is 0.131. The molecule has 1 rings (SSSR count). The topological polar surface area (TPSA) is 75.6 Å². The number of carbonyl (C=O) groups excluding carboxylic acids is 1. The third kappa shape index (κ3) is 6.15. The molecule has 23 heavy (non-hydrogen) atoms. The van der Waals surface area contributed by atoms with Gasteiger partial charge in [-0.05, 0) is 17.5 Å². The molecule has 1 amide bonds. The smallest absolute Gasteiger partial charge is 0.328 e. The lowest BCUT2D eigenvalue weighted by atomic mass is 9.96. The quantitative estimate of drug-likeness (QED) is 0.539. The summed E-state index contributed by atoms with van der Waals surface area (Å²) in [5, 5.41) is 11.3. The van der Waals surface area contributed by atoms with Gasteiger partial charge in [-0.2, -0.15) is 0 Å². The third-order valence-electron chi connectivity index (χ3n) is 3.14. The number of carboxylic acid groups (broad SMARTS) is 1. The molecule has 0 aliphatic carbocycles. The maximum atomic E-state index is 13.7. The first-order chi connectivity index (χ1) is 10.8. The summed E-state index contributed by atoms with van der Waals surface area (Å²) in [7, 11) is 0. The van der Waals surface area contributed by atoms with E-state index in [2.05, 4.69) is 11.9 Å². The van der Waals surface area contributed by atoms with Gasteiger partial charge in [0, 0.05) is 12.5 Å². The fraction of sp³-hybridized carbons (Fsp3) is 0.375. The van der Waals surface area contributed by atoms with E-state index in [1.807, 2.05) is 0 Å². The van der Waals surface area contributed by atoms with Crippen LogP contribution in [-0.4, -0.2) is 36.2 Å². The lowest BCUT2D eigenvalue weighted by Crippen LogP contribution is -2.44. The van der Waals surface area contributed by atoms with E-state index in [-0.39, 0.29) is 25.2 Å². The van der Waals surface area contributed by atoms with Crippen LogP contribution in [0.25, 0.3) is 0 Å². The number of amides is 1. The van der Waals surface area contributed by atoms with Gasteiger partial charge >= 0.3 is 5.97 Å². The molecule has 7 heteroatoms. The first-order valence-corrected chi connectivity index (χ1v) is 7.01. The zero-order valence-corrected chi connectivity index (χ0v) is 12.7. The highest BCUT2D eigenvalue weighted by Crippen LogP contribution is 2.22. The molecule has 0 spiro atoms. The van der Waals surface area contributed by atoms with Crippen LogP contribution in [0, 0.1) is 11.6 Å². The number of aliphatic carboxylic acids is 1. The molecule has 2 unspecified atom stereocenters. The summed E-state index contributed by atoms with van der Waals surface area (Å²) in [4.78, 5) is 23.0. The Labute approximate surface area is 133 Å². The summed E-state index contributed by atoms with van der Waals surface area (Å²) in [6.07, 6.45) is 1.33. The molecule has 1 aromatic carbocycles. The summed E-state index contributed by atoms with van der Waals surface area (Å²) >= 11 is 0. The standard InChI is InChI=1S/C16H19F2NO4/c1-3-6-23-9-14(16(21)22)19-15(20)7-10(2)12-5-4-11(17)8-13(12)18/h3-5,8,10,14H,1,6-7,9H2,2H3,(H,19,20)(H,21,22). The number of carbonyl (C=O) groups is 2. The molecule has 5 nitrogen and oxygen atoms in total. The van der Waals surface area contributed by atoms with Crippen LogP contribution in [0.5, 0.6) is 0 Å². The molecule has 0 radical (unpaired) electrons. The highest BCUT2D eigenvalue weighted by Gasteiger charge is 2.22. The monoisotopic (exact) mass is 327 g/mol. The first kappa shape index (κ1) is 18.8.